The number of nitrogens with one attached hydrogen (secondary N) is 1. The van der Waals surface area contributed by atoms with Gasteiger partial charge in [0.05, 0.1) is 4.90 Å². The number of nitrogens with two attached hydrogens (primary N) is 1. The molecule has 0 atom stereocenters. The molecule has 26 heavy (non-hydrogen) atoms. The fraction of sp³-hybridized carbons (Fsp3) is 0.353. The molecule has 2 heterocycles. The summed E-state index contributed by atoms with van der Waals surface area (Å²) >= 11 is 0. The molecule has 1 amide bonds. The van der Waals surface area contributed by atoms with Gasteiger partial charge in [0.1, 0.15) is 5.82 Å². The van der Waals surface area contributed by atoms with Crippen molar-refractivity contribution >= 4 is 21.7 Å². The Morgan fingerprint density at radius 3 is 2.35 bits per heavy atom. The minimum absolute atomic E-state index is 0.0727. The van der Waals surface area contributed by atoms with Crippen LogP contribution >= 0.6 is 0 Å². The highest BCUT2D eigenvalue weighted by Gasteiger charge is 2.20. The fourth-order valence-corrected chi connectivity index (χ4v) is 3.32. The van der Waals surface area contributed by atoms with Gasteiger partial charge in [0, 0.05) is 19.6 Å². The van der Waals surface area contributed by atoms with Crippen LogP contribution in [-0.2, 0) is 16.4 Å². The molecule has 8 nitrogen and oxygen atoms in total. The van der Waals surface area contributed by atoms with Crippen molar-refractivity contribution in [2.24, 2.45) is 5.14 Å². The van der Waals surface area contributed by atoms with Crippen LogP contribution in [-0.4, -0.2) is 49.1 Å². The molecular weight excluding hydrogens is 354 g/mol. The number of primary sulfonamides is 1. The zero-order valence-electron chi connectivity index (χ0n) is 14.3. The molecule has 0 saturated carbocycles. The second kappa shape index (κ2) is 7.79. The Morgan fingerprint density at radius 2 is 1.77 bits per heavy atom. The van der Waals surface area contributed by atoms with Gasteiger partial charge in [0.15, 0.2) is 5.69 Å². The maximum atomic E-state index is 12.2. The molecule has 138 valence electrons. The highest BCUT2D eigenvalue weighted by atomic mass is 32.2. The standard InChI is InChI=1S/C17H21N5O3S/c18-26(24,25)14-5-3-13(4-6-14)9-10-19-16-8-7-15(20-21-16)17(23)22-11-1-2-12-22/h3-8H,1-2,9-12H2,(H,19,21)(H2,18,24,25). The molecule has 0 radical (unpaired) electrons. The summed E-state index contributed by atoms with van der Waals surface area (Å²) in [5.74, 6) is 0.514. The minimum atomic E-state index is -3.67. The van der Waals surface area contributed by atoms with Crippen LogP contribution in [0.3, 0.4) is 0 Å². The lowest BCUT2D eigenvalue weighted by molar-refractivity contribution is 0.0786. The predicted molar refractivity (Wildman–Crippen MR) is 97.2 cm³/mol. The first-order valence-corrected chi connectivity index (χ1v) is 9.97. The van der Waals surface area contributed by atoms with Crippen LogP contribution in [0.2, 0.25) is 0 Å². The molecule has 0 unspecified atom stereocenters. The van der Waals surface area contributed by atoms with Gasteiger partial charge in [-0.25, -0.2) is 13.6 Å². The number of carbonyl (C=O) groups excluding carboxylic acids is 1. The van der Waals surface area contributed by atoms with E-state index in [0.717, 1.165) is 31.5 Å². The van der Waals surface area contributed by atoms with E-state index in [1.165, 1.54) is 12.1 Å². The third-order valence-corrected chi connectivity index (χ3v) is 5.18. The molecule has 0 aliphatic carbocycles. The number of nitrogens with zero attached hydrogens (tertiary/aromatic N) is 3. The Balaban J connectivity index is 1.51. The molecule has 0 bridgehead atoms. The lowest BCUT2D eigenvalue weighted by Gasteiger charge is -2.14. The molecule has 1 aliphatic rings. The number of sulfonamides is 1. The summed E-state index contributed by atoms with van der Waals surface area (Å²) in [5, 5.41) is 16.3. The fourth-order valence-electron chi connectivity index (χ4n) is 2.80. The first kappa shape index (κ1) is 18.3. The highest BCUT2D eigenvalue weighted by molar-refractivity contribution is 7.89. The average Bonchev–Trinajstić information content (AvgIpc) is 3.16. The topological polar surface area (TPSA) is 118 Å². The number of aromatic nitrogens is 2. The van der Waals surface area contributed by atoms with Gasteiger partial charge in [0.25, 0.3) is 5.91 Å². The molecule has 3 N–H and O–H groups in total. The van der Waals surface area contributed by atoms with Crippen molar-refractivity contribution in [2.45, 2.75) is 24.2 Å². The zero-order chi connectivity index (χ0) is 18.6. The first-order chi connectivity index (χ1) is 12.4. The van der Waals surface area contributed by atoms with E-state index in [4.69, 9.17) is 5.14 Å². The van der Waals surface area contributed by atoms with Gasteiger partial charge in [-0.1, -0.05) is 12.1 Å². The Hall–Kier alpha value is -2.52. The van der Waals surface area contributed by atoms with Crippen molar-refractivity contribution in [1.29, 1.82) is 0 Å². The quantitative estimate of drug-likeness (QED) is 0.778. The van der Waals surface area contributed by atoms with Crippen LogP contribution in [0, 0.1) is 0 Å². The van der Waals surface area contributed by atoms with E-state index in [2.05, 4.69) is 15.5 Å². The molecule has 1 saturated heterocycles. The first-order valence-electron chi connectivity index (χ1n) is 8.42. The van der Waals surface area contributed by atoms with Crippen molar-refractivity contribution < 1.29 is 13.2 Å². The number of hydrogen-bond acceptors (Lipinski definition) is 6. The zero-order valence-corrected chi connectivity index (χ0v) is 15.1. The summed E-state index contributed by atoms with van der Waals surface area (Å²) in [6, 6.07) is 9.85. The SMILES string of the molecule is NS(=O)(=O)c1ccc(CCNc2ccc(C(=O)N3CCCC3)nn2)cc1. The van der Waals surface area contributed by atoms with Gasteiger partial charge < -0.3 is 10.2 Å². The molecule has 1 aromatic heterocycles. The minimum Gasteiger partial charge on any atom is -0.368 e. The number of carbonyl (C=O) groups is 1. The van der Waals surface area contributed by atoms with Crippen molar-refractivity contribution in [3.8, 4) is 0 Å². The van der Waals surface area contributed by atoms with Crippen molar-refractivity contribution in [3.05, 3.63) is 47.7 Å². The molecule has 1 fully saturated rings. The van der Waals surface area contributed by atoms with Crippen LogP contribution in [0.4, 0.5) is 5.82 Å². The largest absolute Gasteiger partial charge is 0.368 e. The van der Waals surface area contributed by atoms with Crippen molar-refractivity contribution in [3.63, 3.8) is 0 Å². The summed E-state index contributed by atoms with van der Waals surface area (Å²) < 4.78 is 22.5. The number of benzene rings is 1. The van der Waals surface area contributed by atoms with Crippen molar-refractivity contribution in [1.82, 2.24) is 15.1 Å². The Bertz CT molecular complexity index is 860. The molecule has 3 rings (SSSR count). The molecule has 2 aromatic rings. The Morgan fingerprint density at radius 1 is 1.08 bits per heavy atom. The number of anilines is 1. The van der Waals surface area contributed by atoms with Gasteiger partial charge in [-0.05, 0) is 49.1 Å². The molecule has 9 heteroatoms. The van der Waals surface area contributed by atoms with Gasteiger partial charge >= 0.3 is 0 Å². The number of hydrogen-bond donors (Lipinski definition) is 2. The molecule has 1 aromatic carbocycles. The van der Waals surface area contributed by atoms with E-state index in [1.54, 1.807) is 29.2 Å². The van der Waals surface area contributed by atoms with E-state index in [9.17, 15) is 13.2 Å². The average molecular weight is 375 g/mol. The number of rotatable bonds is 6. The van der Waals surface area contributed by atoms with Gasteiger partial charge in [-0.2, -0.15) is 0 Å². The van der Waals surface area contributed by atoms with Crippen LogP contribution in [0.5, 0.6) is 0 Å². The van der Waals surface area contributed by atoms with Gasteiger partial charge in [-0.3, -0.25) is 4.79 Å². The van der Waals surface area contributed by atoms with Gasteiger partial charge in [-0.15, -0.1) is 10.2 Å². The third-order valence-electron chi connectivity index (χ3n) is 4.25. The lowest BCUT2D eigenvalue weighted by Crippen LogP contribution is -2.28. The monoisotopic (exact) mass is 375 g/mol. The predicted octanol–water partition coefficient (Wildman–Crippen LogP) is 1.01. The lowest BCUT2D eigenvalue weighted by atomic mass is 10.1. The smallest absolute Gasteiger partial charge is 0.274 e. The van der Waals surface area contributed by atoms with Crippen LogP contribution in [0.25, 0.3) is 0 Å². The second-order valence-corrected chi connectivity index (χ2v) is 7.73. The maximum absolute atomic E-state index is 12.2. The Kier molecular flexibility index (Phi) is 5.48. The Labute approximate surface area is 152 Å². The number of amides is 1. The van der Waals surface area contributed by atoms with Gasteiger partial charge in [0.2, 0.25) is 10.0 Å². The van der Waals surface area contributed by atoms with E-state index in [-0.39, 0.29) is 10.8 Å². The van der Waals surface area contributed by atoms with Crippen molar-refractivity contribution in [2.75, 3.05) is 25.0 Å². The highest BCUT2D eigenvalue weighted by Crippen LogP contribution is 2.12. The van der Waals surface area contributed by atoms with Crippen LogP contribution < -0.4 is 10.5 Å². The summed E-state index contributed by atoms with van der Waals surface area (Å²) in [6.07, 6.45) is 2.76. The second-order valence-electron chi connectivity index (χ2n) is 6.17. The van der Waals surface area contributed by atoms with E-state index >= 15 is 0 Å². The molecule has 1 aliphatic heterocycles. The van der Waals surface area contributed by atoms with E-state index in [0.29, 0.717) is 24.5 Å². The van der Waals surface area contributed by atoms with Crippen LogP contribution in [0.15, 0.2) is 41.3 Å². The third kappa shape index (κ3) is 4.55. The number of likely N-dealkylation sites (tertiary alicyclic amines) is 1. The maximum Gasteiger partial charge on any atom is 0.274 e. The normalized spacial score (nSPS) is 14.4. The van der Waals surface area contributed by atoms with E-state index in [1.807, 2.05) is 0 Å². The summed E-state index contributed by atoms with van der Waals surface area (Å²) in [5.41, 5.74) is 1.33. The van der Waals surface area contributed by atoms with E-state index < -0.39 is 10.0 Å². The molecular formula is C17H21N5O3S. The van der Waals surface area contributed by atoms with Crippen LogP contribution in [0.1, 0.15) is 28.9 Å². The summed E-state index contributed by atoms with van der Waals surface area (Å²) in [7, 11) is -3.67. The molecule has 0 spiro atoms. The summed E-state index contributed by atoms with van der Waals surface area (Å²) in [6.45, 7) is 2.17. The summed E-state index contributed by atoms with van der Waals surface area (Å²) in [4.78, 5) is 14.1.